The number of rotatable bonds is 6. The number of aromatic hydroxyl groups is 1. The van der Waals surface area contributed by atoms with Crippen LogP contribution in [-0.4, -0.2) is 42.0 Å². The average molecular weight is 351 g/mol. The van der Waals surface area contributed by atoms with Gasteiger partial charge in [0.1, 0.15) is 29.3 Å². The van der Waals surface area contributed by atoms with E-state index in [2.05, 4.69) is 4.90 Å². The number of likely N-dealkylation sites (tertiary alicyclic amines) is 1. The zero-order valence-electron chi connectivity index (χ0n) is 14.9. The Bertz CT molecular complexity index is 767. The molecule has 26 heavy (non-hydrogen) atoms. The number of carbonyl (C=O) groups is 1. The number of aldehydes is 1. The van der Waals surface area contributed by atoms with Crippen molar-refractivity contribution in [3.63, 3.8) is 0 Å². The van der Waals surface area contributed by atoms with Crippen LogP contribution in [-0.2, 0) is 10.2 Å². The molecule has 0 radical (unpaired) electrons. The largest absolute Gasteiger partial charge is 0.508 e. The Morgan fingerprint density at radius 1 is 1.12 bits per heavy atom. The summed E-state index contributed by atoms with van der Waals surface area (Å²) in [4.78, 5) is 14.9. The standard InChI is InChI=1S/C22H25NO3/c24-16-22(17-9-11-18(25)12-10-17)19-6-1-2-7-20(19)26-21(22)8-5-15-23-13-3-4-14-23/h1-2,6-7,9-12,16,21,25H,3-5,8,13-15H2. The highest BCUT2D eigenvalue weighted by atomic mass is 16.5. The second-order valence-electron chi connectivity index (χ2n) is 7.33. The summed E-state index contributed by atoms with van der Waals surface area (Å²) < 4.78 is 6.25. The Kier molecular flexibility index (Phi) is 4.68. The van der Waals surface area contributed by atoms with Crippen molar-refractivity contribution in [2.75, 3.05) is 19.6 Å². The predicted molar refractivity (Wildman–Crippen MR) is 101 cm³/mol. The van der Waals surface area contributed by atoms with Gasteiger partial charge in [-0.2, -0.15) is 0 Å². The predicted octanol–water partition coefficient (Wildman–Crippen LogP) is 3.51. The molecule has 1 saturated heterocycles. The molecule has 2 aromatic rings. The average Bonchev–Trinajstić information content (AvgIpc) is 3.29. The Labute approximate surface area is 154 Å². The van der Waals surface area contributed by atoms with Crippen molar-refractivity contribution in [2.24, 2.45) is 0 Å². The van der Waals surface area contributed by atoms with Crippen molar-refractivity contribution in [2.45, 2.75) is 37.2 Å². The van der Waals surface area contributed by atoms with Gasteiger partial charge in [-0.25, -0.2) is 0 Å². The monoisotopic (exact) mass is 351 g/mol. The molecule has 2 aliphatic heterocycles. The number of para-hydroxylation sites is 1. The van der Waals surface area contributed by atoms with Crippen LogP contribution in [0.2, 0.25) is 0 Å². The third kappa shape index (κ3) is 2.88. The maximum atomic E-state index is 12.5. The molecule has 0 aliphatic carbocycles. The molecule has 0 bridgehead atoms. The van der Waals surface area contributed by atoms with Crippen LogP contribution in [0.3, 0.4) is 0 Å². The normalized spacial score (nSPS) is 25.0. The zero-order valence-corrected chi connectivity index (χ0v) is 14.9. The van der Waals surface area contributed by atoms with Gasteiger partial charge in [-0.05, 0) is 69.1 Å². The number of carbonyl (C=O) groups excluding carboxylic acids is 1. The summed E-state index contributed by atoms with van der Waals surface area (Å²) in [5, 5.41) is 9.65. The Morgan fingerprint density at radius 3 is 2.58 bits per heavy atom. The van der Waals surface area contributed by atoms with Crippen LogP contribution in [0.4, 0.5) is 0 Å². The van der Waals surface area contributed by atoms with Gasteiger partial charge in [0.15, 0.2) is 0 Å². The van der Waals surface area contributed by atoms with Crippen molar-refractivity contribution < 1.29 is 14.6 Å². The molecule has 4 rings (SSSR count). The third-order valence-corrected chi connectivity index (χ3v) is 5.78. The number of hydrogen-bond donors (Lipinski definition) is 1. The highest BCUT2D eigenvalue weighted by Crippen LogP contribution is 2.47. The lowest BCUT2D eigenvalue weighted by Crippen LogP contribution is -2.41. The lowest BCUT2D eigenvalue weighted by atomic mass is 9.71. The fourth-order valence-corrected chi connectivity index (χ4v) is 4.41. The van der Waals surface area contributed by atoms with E-state index in [1.54, 1.807) is 12.1 Å². The molecule has 4 heteroatoms. The fourth-order valence-electron chi connectivity index (χ4n) is 4.41. The molecular weight excluding hydrogens is 326 g/mol. The number of nitrogens with zero attached hydrogens (tertiary/aromatic N) is 1. The lowest BCUT2D eigenvalue weighted by Gasteiger charge is -2.30. The van der Waals surface area contributed by atoms with Gasteiger partial charge in [-0.1, -0.05) is 30.3 Å². The lowest BCUT2D eigenvalue weighted by molar-refractivity contribution is -0.113. The molecule has 1 fully saturated rings. The van der Waals surface area contributed by atoms with Gasteiger partial charge in [0.25, 0.3) is 0 Å². The van der Waals surface area contributed by atoms with Crippen LogP contribution in [0.25, 0.3) is 0 Å². The van der Waals surface area contributed by atoms with Gasteiger partial charge in [-0.15, -0.1) is 0 Å². The first-order chi connectivity index (χ1) is 12.7. The number of phenols is 1. The first-order valence-electron chi connectivity index (χ1n) is 9.48. The minimum atomic E-state index is -0.810. The summed E-state index contributed by atoms with van der Waals surface area (Å²) in [6, 6.07) is 14.8. The van der Waals surface area contributed by atoms with Crippen LogP contribution in [0.15, 0.2) is 48.5 Å². The molecule has 136 valence electrons. The van der Waals surface area contributed by atoms with E-state index in [1.165, 1.54) is 25.9 Å². The van der Waals surface area contributed by atoms with Gasteiger partial charge < -0.3 is 19.5 Å². The molecular formula is C22H25NO3. The summed E-state index contributed by atoms with van der Waals surface area (Å²) in [7, 11) is 0. The van der Waals surface area contributed by atoms with E-state index >= 15 is 0 Å². The number of fused-ring (bicyclic) bond motifs is 1. The molecule has 2 unspecified atom stereocenters. The Morgan fingerprint density at radius 2 is 1.85 bits per heavy atom. The van der Waals surface area contributed by atoms with Gasteiger partial charge in [-0.3, -0.25) is 0 Å². The minimum absolute atomic E-state index is 0.201. The van der Waals surface area contributed by atoms with E-state index in [9.17, 15) is 9.90 Å². The number of hydrogen-bond acceptors (Lipinski definition) is 4. The maximum absolute atomic E-state index is 12.5. The van der Waals surface area contributed by atoms with E-state index in [-0.39, 0.29) is 11.9 Å². The maximum Gasteiger partial charge on any atom is 0.138 e. The molecule has 0 spiro atoms. The first kappa shape index (κ1) is 17.1. The first-order valence-corrected chi connectivity index (χ1v) is 9.48. The van der Waals surface area contributed by atoms with Crippen molar-refractivity contribution in [3.05, 3.63) is 59.7 Å². The van der Waals surface area contributed by atoms with Gasteiger partial charge in [0.2, 0.25) is 0 Å². The zero-order chi connectivity index (χ0) is 18.0. The number of phenolic OH excluding ortho intramolecular Hbond substituents is 1. The van der Waals surface area contributed by atoms with Crippen molar-refractivity contribution in [1.29, 1.82) is 0 Å². The highest BCUT2D eigenvalue weighted by Gasteiger charge is 2.50. The van der Waals surface area contributed by atoms with Crippen molar-refractivity contribution in [1.82, 2.24) is 4.90 Å². The second-order valence-corrected chi connectivity index (χ2v) is 7.33. The Hall–Kier alpha value is -2.33. The molecule has 1 N–H and O–H groups in total. The van der Waals surface area contributed by atoms with Crippen LogP contribution in [0.1, 0.15) is 36.8 Å². The third-order valence-electron chi connectivity index (χ3n) is 5.78. The summed E-state index contributed by atoms with van der Waals surface area (Å²) in [5.41, 5.74) is 0.989. The highest BCUT2D eigenvalue weighted by molar-refractivity contribution is 5.80. The smallest absolute Gasteiger partial charge is 0.138 e. The van der Waals surface area contributed by atoms with E-state index in [1.807, 2.05) is 36.4 Å². The molecule has 2 aromatic carbocycles. The second kappa shape index (κ2) is 7.12. The van der Waals surface area contributed by atoms with Gasteiger partial charge in [0.05, 0.1) is 0 Å². The van der Waals surface area contributed by atoms with Crippen LogP contribution >= 0.6 is 0 Å². The molecule has 2 atom stereocenters. The molecule has 0 saturated carbocycles. The van der Waals surface area contributed by atoms with Crippen molar-refractivity contribution >= 4 is 6.29 Å². The van der Waals surface area contributed by atoms with Crippen LogP contribution < -0.4 is 4.74 Å². The number of ether oxygens (including phenoxy) is 1. The van der Waals surface area contributed by atoms with E-state index in [4.69, 9.17) is 4.74 Å². The molecule has 0 amide bonds. The minimum Gasteiger partial charge on any atom is -0.508 e. The summed E-state index contributed by atoms with van der Waals surface area (Å²) in [6.07, 6.45) is 5.22. The van der Waals surface area contributed by atoms with E-state index < -0.39 is 5.41 Å². The van der Waals surface area contributed by atoms with Crippen LogP contribution in [0.5, 0.6) is 11.5 Å². The molecule has 0 aromatic heterocycles. The topological polar surface area (TPSA) is 49.8 Å². The molecule has 4 nitrogen and oxygen atoms in total. The summed E-state index contributed by atoms with van der Waals surface area (Å²) >= 11 is 0. The molecule has 2 heterocycles. The Balaban J connectivity index is 1.63. The van der Waals surface area contributed by atoms with E-state index in [0.29, 0.717) is 0 Å². The summed E-state index contributed by atoms with van der Waals surface area (Å²) in [6.45, 7) is 3.42. The quantitative estimate of drug-likeness (QED) is 0.809. The van der Waals surface area contributed by atoms with Crippen molar-refractivity contribution in [3.8, 4) is 11.5 Å². The summed E-state index contributed by atoms with van der Waals surface area (Å²) in [5.74, 6) is 0.992. The fraction of sp³-hybridized carbons (Fsp3) is 0.409. The SMILES string of the molecule is O=CC1(c2ccc(O)cc2)c2ccccc2OC1CCCN1CCCC1. The van der Waals surface area contributed by atoms with E-state index in [0.717, 1.165) is 42.5 Å². The van der Waals surface area contributed by atoms with Gasteiger partial charge in [0, 0.05) is 5.56 Å². The van der Waals surface area contributed by atoms with Gasteiger partial charge >= 0.3 is 0 Å². The number of benzene rings is 2. The van der Waals surface area contributed by atoms with Crippen LogP contribution in [0, 0.1) is 0 Å². The molecule has 2 aliphatic rings.